The van der Waals surface area contributed by atoms with Gasteiger partial charge in [-0.05, 0) is 55.0 Å². The summed E-state index contributed by atoms with van der Waals surface area (Å²) in [5.74, 6) is 0.435. The number of esters is 1. The highest BCUT2D eigenvalue weighted by Gasteiger charge is 2.24. The van der Waals surface area contributed by atoms with Gasteiger partial charge in [-0.15, -0.1) is 0 Å². The molecule has 2 aromatic rings. The van der Waals surface area contributed by atoms with Crippen LogP contribution in [-0.2, 0) is 9.53 Å². The van der Waals surface area contributed by atoms with Crippen LogP contribution in [0.3, 0.4) is 0 Å². The Kier molecular flexibility index (Phi) is 9.17. The normalized spacial score (nSPS) is 14.5. The molecule has 0 atom stereocenters. The van der Waals surface area contributed by atoms with E-state index in [4.69, 9.17) is 21.1 Å². The molecule has 0 saturated carbocycles. The Labute approximate surface area is 194 Å². The number of nitrogens with zero attached hydrogens (tertiary/aromatic N) is 1. The average molecular weight is 456 g/mol. The maximum Gasteiger partial charge on any atom is 0.363 e. The van der Waals surface area contributed by atoms with Gasteiger partial charge in [-0.25, -0.2) is 9.79 Å². The second-order valence-corrected chi connectivity index (χ2v) is 8.32. The molecule has 0 fully saturated rings. The van der Waals surface area contributed by atoms with Gasteiger partial charge in [0.2, 0.25) is 5.90 Å². The molecule has 0 saturated heterocycles. The number of benzene rings is 2. The largest absolute Gasteiger partial charge is 0.507 e. The molecule has 3 rings (SSSR count). The van der Waals surface area contributed by atoms with Gasteiger partial charge < -0.3 is 14.6 Å². The van der Waals surface area contributed by atoms with E-state index in [1.165, 1.54) is 57.1 Å². The van der Waals surface area contributed by atoms with E-state index in [1.54, 1.807) is 12.1 Å². The van der Waals surface area contributed by atoms with Gasteiger partial charge in [0.15, 0.2) is 5.70 Å². The molecule has 0 radical (unpaired) electrons. The third-order valence-corrected chi connectivity index (χ3v) is 5.51. The smallest absolute Gasteiger partial charge is 0.363 e. The number of phenols is 1. The molecule has 2 aromatic carbocycles. The fourth-order valence-corrected chi connectivity index (χ4v) is 3.62. The van der Waals surface area contributed by atoms with Crippen molar-refractivity contribution in [2.75, 3.05) is 6.61 Å². The van der Waals surface area contributed by atoms with Gasteiger partial charge >= 0.3 is 5.97 Å². The van der Waals surface area contributed by atoms with Crippen LogP contribution in [0.2, 0.25) is 5.02 Å². The van der Waals surface area contributed by atoms with Crippen molar-refractivity contribution in [1.29, 1.82) is 0 Å². The highest BCUT2D eigenvalue weighted by Crippen LogP contribution is 2.27. The Morgan fingerprint density at radius 1 is 1.00 bits per heavy atom. The van der Waals surface area contributed by atoms with Crippen LogP contribution in [0.15, 0.2) is 53.2 Å². The number of cyclic esters (lactones) is 1. The number of hydrogen-bond acceptors (Lipinski definition) is 5. The number of carbonyl (C=O) groups excluding carboxylic acids is 1. The van der Waals surface area contributed by atoms with Crippen molar-refractivity contribution in [3.8, 4) is 11.5 Å². The quantitative estimate of drug-likeness (QED) is 0.214. The number of halogens is 1. The summed E-state index contributed by atoms with van der Waals surface area (Å²) in [6.45, 7) is 2.93. The van der Waals surface area contributed by atoms with E-state index in [9.17, 15) is 9.90 Å². The van der Waals surface area contributed by atoms with Crippen LogP contribution < -0.4 is 4.74 Å². The molecule has 170 valence electrons. The zero-order valence-corrected chi connectivity index (χ0v) is 19.2. The maximum atomic E-state index is 12.2. The minimum atomic E-state index is -0.575. The second-order valence-electron chi connectivity index (χ2n) is 7.89. The lowest BCUT2D eigenvalue weighted by molar-refractivity contribution is -0.129. The second kappa shape index (κ2) is 12.3. The van der Waals surface area contributed by atoms with Crippen molar-refractivity contribution in [2.24, 2.45) is 4.99 Å². The lowest BCUT2D eigenvalue weighted by Gasteiger charge is -2.07. The Morgan fingerprint density at radius 3 is 2.41 bits per heavy atom. The molecule has 0 amide bonds. The van der Waals surface area contributed by atoms with Gasteiger partial charge in [-0.1, -0.05) is 63.5 Å². The van der Waals surface area contributed by atoms with Crippen LogP contribution in [0.1, 0.15) is 69.4 Å². The van der Waals surface area contributed by atoms with Gasteiger partial charge in [0.25, 0.3) is 0 Å². The van der Waals surface area contributed by atoms with E-state index in [0.717, 1.165) is 12.2 Å². The molecule has 6 heteroatoms. The van der Waals surface area contributed by atoms with Gasteiger partial charge in [-0.2, -0.15) is 0 Å². The first kappa shape index (κ1) is 23.9. The number of unbranched alkanes of at least 4 members (excludes halogenated alkanes) is 7. The first-order valence-corrected chi connectivity index (χ1v) is 11.7. The molecule has 32 heavy (non-hydrogen) atoms. The third kappa shape index (κ3) is 7.13. The lowest BCUT2D eigenvalue weighted by atomic mass is 10.1. The number of aromatic hydroxyl groups is 1. The average Bonchev–Trinajstić information content (AvgIpc) is 3.15. The molecular formula is C26H30ClNO4. The molecule has 0 spiro atoms. The van der Waals surface area contributed by atoms with Crippen molar-refractivity contribution < 1.29 is 19.4 Å². The maximum absolute atomic E-state index is 12.2. The summed E-state index contributed by atoms with van der Waals surface area (Å²) in [5, 5.41) is 10.4. The van der Waals surface area contributed by atoms with Crippen molar-refractivity contribution in [1.82, 2.24) is 0 Å². The summed E-state index contributed by atoms with van der Waals surface area (Å²) in [6.07, 6.45) is 11.6. The summed E-state index contributed by atoms with van der Waals surface area (Å²) in [5.41, 5.74) is 1.18. The Morgan fingerprint density at radius 2 is 1.69 bits per heavy atom. The number of ether oxygens (including phenoxy) is 2. The van der Waals surface area contributed by atoms with E-state index in [0.29, 0.717) is 22.8 Å². The van der Waals surface area contributed by atoms with Gasteiger partial charge in [-0.3, -0.25) is 0 Å². The molecule has 5 nitrogen and oxygen atoms in total. The van der Waals surface area contributed by atoms with Crippen molar-refractivity contribution >= 4 is 29.5 Å². The Bertz CT molecular complexity index is 966. The Balaban J connectivity index is 1.49. The number of phenolic OH excluding ortho intramolecular Hbond substituents is 1. The van der Waals surface area contributed by atoms with Crippen LogP contribution in [0.25, 0.3) is 6.08 Å². The number of hydrogen-bond donors (Lipinski definition) is 1. The minimum Gasteiger partial charge on any atom is -0.507 e. The molecule has 0 aromatic heterocycles. The standard InChI is InChI=1S/C26H30ClNO4/c1-2-3-4-5-6-7-8-9-16-31-22-13-10-19(11-14-22)25-28-23(26(30)32-25)18-20-17-21(27)12-15-24(20)29/h10-15,17-18,29H,2-9,16H2,1H3/b23-18+. The molecule has 1 N–H and O–H groups in total. The van der Waals surface area contributed by atoms with E-state index >= 15 is 0 Å². The first-order chi connectivity index (χ1) is 15.6. The highest BCUT2D eigenvalue weighted by molar-refractivity contribution is 6.30. The Hall–Kier alpha value is -2.79. The fraction of sp³-hybridized carbons (Fsp3) is 0.385. The minimum absolute atomic E-state index is 0.0105. The highest BCUT2D eigenvalue weighted by atomic mass is 35.5. The van der Waals surface area contributed by atoms with Gasteiger partial charge in [0.05, 0.1) is 6.61 Å². The predicted molar refractivity (Wildman–Crippen MR) is 128 cm³/mol. The molecule has 0 bridgehead atoms. The summed E-state index contributed by atoms with van der Waals surface area (Å²) in [6, 6.07) is 11.9. The fourth-order valence-electron chi connectivity index (χ4n) is 3.44. The van der Waals surface area contributed by atoms with Crippen LogP contribution in [0, 0.1) is 0 Å². The van der Waals surface area contributed by atoms with Gasteiger partial charge in [0.1, 0.15) is 11.5 Å². The van der Waals surface area contributed by atoms with Crippen LogP contribution in [0.5, 0.6) is 11.5 Å². The lowest BCUT2D eigenvalue weighted by Crippen LogP contribution is -2.05. The van der Waals surface area contributed by atoms with Crippen LogP contribution in [-0.4, -0.2) is 23.6 Å². The molecule has 0 unspecified atom stereocenters. The summed E-state index contributed by atoms with van der Waals surface area (Å²) in [7, 11) is 0. The number of rotatable bonds is 12. The van der Waals surface area contributed by atoms with E-state index < -0.39 is 5.97 Å². The van der Waals surface area contributed by atoms with E-state index in [-0.39, 0.29) is 17.3 Å². The zero-order valence-electron chi connectivity index (χ0n) is 18.5. The molecule has 1 aliphatic heterocycles. The SMILES string of the molecule is CCCCCCCCCCOc1ccc(C2=N/C(=C/c3cc(Cl)ccc3O)C(=O)O2)cc1. The number of carbonyl (C=O) groups is 1. The van der Waals surface area contributed by atoms with Crippen LogP contribution in [0.4, 0.5) is 0 Å². The third-order valence-electron chi connectivity index (χ3n) is 5.27. The summed E-state index contributed by atoms with van der Waals surface area (Å²) >= 11 is 5.96. The summed E-state index contributed by atoms with van der Waals surface area (Å²) < 4.78 is 11.1. The van der Waals surface area contributed by atoms with Crippen molar-refractivity contribution in [2.45, 2.75) is 58.3 Å². The summed E-state index contributed by atoms with van der Waals surface area (Å²) in [4.78, 5) is 16.5. The van der Waals surface area contributed by atoms with E-state index in [1.807, 2.05) is 24.3 Å². The van der Waals surface area contributed by atoms with Crippen molar-refractivity contribution in [3.63, 3.8) is 0 Å². The number of aliphatic imine (C=N–C) groups is 1. The molecule has 1 heterocycles. The van der Waals surface area contributed by atoms with E-state index in [2.05, 4.69) is 11.9 Å². The monoisotopic (exact) mass is 455 g/mol. The predicted octanol–water partition coefficient (Wildman–Crippen LogP) is 6.91. The molecule has 0 aliphatic carbocycles. The van der Waals surface area contributed by atoms with Gasteiger partial charge in [0, 0.05) is 16.1 Å². The zero-order chi connectivity index (χ0) is 22.8. The topological polar surface area (TPSA) is 68.1 Å². The van der Waals surface area contributed by atoms with Crippen molar-refractivity contribution in [3.05, 3.63) is 64.3 Å². The first-order valence-electron chi connectivity index (χ1n) is 11.3. The molecule has 1 aliphatic rings. The molecular weight excluding hydrogens is 426 g/mol. The van der Waals surface area contributed by atoms with Crippen LogP contribution >= 0.6 is 11.6 Å².